The molecule has 2 fully saturated rings. The second-order valence-electron chi connectivity index (χ2n) is 7.46. The molecule has 2 aliphatic heterocycles. The number of hydrogen-bond acceptors (Lipinski definition) is 4. The van der Waals surface area contributed by atoms with Crippen LogP contribution in [0.3, 0.4) is 0 Å². The fourth-order valence-corrected chi connectivity index (χ4v) is 3.58. The molecule has 1 aromatic rings. The second-order valence-corrected chi connectivity index (χ2v) is 7.46. The normalized spacial score (nSPS) is 24.1. The number of likely N-dealkylation sites (tertiary alicyclic amines) is 1. The molecule has 2 heterocycles. The lowest BCUT2D eigenvalue weighted by Gasteiger charge is -2.37. The van der Waals surface area contributed by atoms with Gasteiger partial charge >= 0.3 is 0 Å². The van der Waals surface area contributed by atoms with Gasteiger partial charge < -0.3 is 19.7 Å². The van der Waals surface area contributed by atoms with Crippen LogP contribution >= 0.6 is 0 Å². The fraction of sp³-hybridized carbons (Fsp3) is 0.600. The fourth-order valence-electron chi connectivity index (χ4n) is 3.58. The second kappa shape index (κ2) is 8.54. The molecule has 1 unspecified atom stereocenters. The zero-order chi connectivity index (χ0) is 18.4. The van der Waals surface area contributed by atoms with Crippen LogP contribution < -0.4 is 10.1 Å². The van der Waals surface area contributed by atoms with Gasteiger partial charge in [-0.1, -0.05) is 18.2 Å². The maximum Gasteiger partial charge on any atom is 0.260 e. The van der Waals surface area contributed by atoms with Crippen molar-refractivity contribution in [2.45, 2.75) is 38.1 Å². The van der Waals surface area contributed by atoms with Gasteiger partial charge in [-0.05, 0) is 44.7 Å². The Balaban J connectivity index is 1.41. The summed E-state index contributed by atoms with van der Waals surface area (Å²) in [5.41, 5.74) is -0.258. The third-order valence-corrected chi connectivity index (χ3v) is 5.19. The van der Waals surface area contributed by atoms with Crippen molar-refractivity contribution in [3.63, 3.8) is 0 Å². The maximum atomic E-state index is 12.6. The molecule has 1 atom stereocenters. The van der Waals surface area contributed by atoms with Crippen molar-refractivity contribution in [1.82, 2.24) is 10.2 Å². The lowest BCUT2D eigenvalue weighted by molar-refractivity contribution is -0.138. The molecule has 2 aliphatic rings. The number of carbonyl (C=O) groups excluding carboxylic acids is 2. The lowest BCUT2D eigenvalue weighted by Crippen LogP contribution is -2.54. The average Bonchev–Trinajstić information content (AvgIpc) is 2.67. The summed E-state index contributed by atoms with van der Waals surface area (Å²) >= 11 is 0. The quantitative estimate of drug-likeness (QED) is 0.872. The highest BCUT2D eigenvalue weighted by Crippen LogP contribution is 2.22. The highest BCUT2D eigenvalue weighted by atomic mass is 16.5. The average molecular weight is 360 g/mol. The molecule has 2 saturated heterocycles. The van der Waals surface area contributed by atoms with Crippen LogP contribution in [0.4, 0.5) is 0 Å². The van der Waals surface area contributed by atoms with Gasteiger partial charge in [0.1, 0.15) is 5.75 Å². The first kappa shape index (κ1) is 18.7. The number of carbonyl (C=O) groups is 2. The molecule has 0 bridgehead atoms. The largest absolute Gasteiger partial charge is 0.484 e. The van der Waals surface area contributed by atoms with E-state index in [1.54, 1.807) is 4.90 Å². The minimum atomic E-state index is -0.258. The molecule has 0 aromatic heterocycles. The summed E-state index contributed by atoms with van der Waals surface area (Å²) in [4.78, 5) is 26.7. The van der Waals surface area contributed by atoms with Gasteiger partial charge in [-0.15, -0.1) is 0 Å². The molecule has 6 heteroatoms. The van der Waals surface area contributed by atoms with Crippen molar-refractivity contribution in [1.29, 1.82) is 0 Å². The van der Waals surface area contributed by atoms with Gasteiger partial charge in [0, 0.05) is 25.6 Å². The van der Waals surface area contributed by atoms with E-state index in [-0.39, 0.29) is 29.9 Å². The number of hydrogen-bond donors (Lipinski definition) is 1. The highest BCUT2D eigenvalue weighted by Gasteiger charge is 2.33. The predicted octanol–water partition coefficient (Wildman–Crippen LogP) is 1.99. The lowest BCUT2D eigenvalue weighted by atomic mass is 9.91. The molecule has 0 radical (unpaired) electrons. The summed E-state index contributed by atoms with van der Waals surface area (Å²) in [5.74, 6) is 0.719. The maximum absolute atomic E-state index is 12.6. The smallest absolute Gasteiger partial charge is 0.260 e. The van der Waals surface area contributed by atoms with Crippen molar-refractivity contribution in [2.75, 3.05) is 32.9 Å². The monoisotopic (exact) mass is 360 g/mol. The molecule has 6 nitrogen and oxygen atoms in total. The SMILES string of the molecule is CC1(NC(=O)C2CCN(C(=O)COc3ccccc3)CC2)CCCOC1. The van der Waals surface area contributed by atoms with E-state index in [0.29, 0.717) is 38.3 Å². The van der Waals surface area contributed by atoms with Gasteiger partial charge in [-0.25, -0.2) is 0 Å². The summed E-state index contributed by atoms with van der Waals surface area (Å²) in [5, 5.41) is 3.16. The number of ether oxygens (including phenoxy) is 2. The van der Waals surface area contributed by atoms with E-state index < -0.39 is 0 Å². The van der Waals surface area contributed by atoms with E-state index in [1.165, 1.54) is 0 Å². The first-order valence-electron chi connectivity index (χ1n) is 9.41. The van der Waals surface area contributed by atoms with E-state index >= 15 is 0 Å². The third-order valence-electron chi connectivity index (χ3n) is 5.19. The van der Waals surface area contributed by atoms with Crippen LogP contribution in [0.5, 0.6) is 5.75 Å². The zero-order valence-corrected chi connectivity index (χ0v) is 15.4. The van der Waals surface area contributed by atoms with E-state index in [9.17, 15) is 9.59 Å². The van der Waals surface area contributed by atoms with E-state index in [1.807, 2.05) is 37.3 Å². The van der Waals surface area contributed by atoms with Gasteiger partial charge in [0.25, 0.3) is 5.91 Å². The molecule has 2 amide bonds. The van der Waals surface area contributed by atoms with Crippen LogP contribution in [-0.4, -0.2) is 55.2 Å². The van der Waals surface area contributed by atoms with Crippen LogP contribution in [0.25, 0.3) is 0 Å². The Bertz CT molecular complexity index is 605. The van der Waals surface area contributed by atoms with Crippen molar-refractivity contribution in [3.8, 4) is 5.75 Å². The molecule has 3 rings (SSSR count). The molecule has 0 aliphatic carbocycles. The minimum Gasteiger partial charge on any atom is -0.484 e. The van der Waals surface area contributed by atoms with Gasteiger partial charge in [-0.2, -0.15) is 0 Å². The first-order chi connectivity index (χ1) is 12.6. The Hall–Kier alpha value is -2.08. The summed E-state index contributed by atoms with van der Waals surface area (Å²) in [6.07, 6.45) is 3.32. The van der Waals surface area contributed by atoms with Gasteiger partial charge in [0.05, 0.1) is 12.1 Å². The van der Waals surface area contributed by atoms with Crippen LogP contribution in [0.1, 0.15) is 32.6 Å². The molecule has 0 spiro atoms. The number of amides is 2. The van der Waals surface area contributed by atoms with E-state index in [2.05, 4.69) is 5.32 Å². The number of nitrogens with zero attached hydrogens (tertiary/aromatic N) is 1. The Kier molecular flexibility index (Phi) is 6.14. The van der Waals surface area contributed by atoms with Crippen molar-refractivity contribution in [3.05, 3.63) is 30.3 Å². The third kappa shape index (κ3) is 4.97. The Labute approximate surface area is 154 Å². The van der Waals surface area contributed by atoms with Gasteiger partial charge in [0.2, 0.25) is 5.91 Å². The predicted molar refractivity (Wildman–Crippen MR) is 97.8 cm³/mol. The first-order valence-corrected chi connectivity index (χ1v) is 9.41. The summed E-state index contributed by atoms with van der Waals surface area (Å²) in [6, 6.07) is 9.33. The Morgan fingerprint density at radius 2 is 2.00 bits per heavy atom. The summed E-state index contributed by atoms with van der Waals surface area (Å²) in [7, 11) is 0. The molecule has 26 heavy (non-hydrogen) atoms. The van der Waals surface area contributed by atoms with Crippen molar-refractivity contribution >= 4 is 11.8 Å². The number of rotatable bonds is 5. The zero-order valence-electron chi connectivity index (χ0n) is 15.4. The number of piperidine rings is 1. The van der Waals surface area contributed by atoms with Crippen LogP contribution in [-0.2, 0) is 14.3 Å². The van der Waals surface area contributed by atoms with Crippen LogP contribution in [0.2, 0.25) is 0 Å². The molecule has 1 aromatic carbocycles. The number of benzene rings is 1. The topological polar surface area (TPSA) is 67.9 Å². The van der Waals surface area contributed by atoms with Gasteiger partial charge in [0.15, 0.2) is 6.61 Å². The Morgan fingerprint density at radius 1 is 1.27 bits per heavy atom. The van der Waals surface area contributed by atoms with Crippen LogP contribution in [0.15, 0.2) is 30.3 Å². The molecule has 142 valence electrons. The molecule has 0 saturated carbocycles. The summed E-state index contributed by atoms with van der Waals surface area (Å²) < 4.78 is 11.0. The van der Waals surface area contributed by atoms with E-state index in [4.69, 9.17) is 9.47 Å². The highest BCUT2D eigenvalue weighted by molar-refractivity contribution is 5.81. The molecule has 1 N–H and O–H groups in total. The van der Waals surface area contributed by atoms with E-state index in [0.717, 1.165) is 19.4 Å². The van der Waals surface area contributed by atoms with Crippen molar-refractivity contribution < 1.29 is 19.1 Å². The molecular formula is C20H28N2O4. The minimum absolute atomic E-state index is 0.0275. The molecular weight excluding hydrogens is 332 g/mol. The van der Waals surface area contributed by atoms with Gasteiger partial charge in [-0.3, -0.25) is 9.59 Å². The summed E-state index contributed by atoms with van der Waals surface area (Å²) in [6.45, 7) is 4.63. The van der Waals surface area contributed by atoms with Crippen molar-refractivity contribution in [2.24, 2.45) is 5.92 Å². The Morgan fingerprint density at radius 3 is 2.65 bits per heavy atom. The number of para-hydroxylation sites is 1. The van der Waals surface area contributed by atoms with Crippen LogP contribution in [0, 0.1) is 5.92 Å². The number of nitrogens with one attached hydrogen (secondary N) is 1. The standard InChI is InChI=1S/C20H28N2O4/c1-20(10-5-13-25-15-20)21-19(24)16-8-11-22(12-9-16)18(23)14-26-17-6-3-2-4-7-17/h2-4,6-7,16H,5,8-15H2,1H3,(H,21,24).